The quantitative estimate of drug-likeness (QED) is 0.377. The highest BCUT2D eigenvalue weighted by Gasteiger charge is 2.25. The minimum Gasteiger partial charge on any atom is -0.409 e. The van der Waals surface area contributed by atoms with Crippen LogP contribution in [0, 0.1) is 0 Å². The Bertz CT molecular complexity index is 493. The molecular weight excluding hydrogens is 258 g/mol. The SMILES string of the molecule is CN(C(=O)C1CCCCO1)c1ccc(C(N)=NO)cc1. The van der Waals surface area contributed by atoms with Gasteiger partial charge in [-0.2, -0.15) is 0 Å². The largest absolute Gasteiger partial charge is 0.409 e. The standard InChI is InChI=1S/C14H19N3O3/c1-17(14(18)12-4-2-3-9-20-12)11-7-5-10(6-8-11)13(15)16-19/h5-8,12,19H,2-4,9H2,1H3,(H2,15,16). The molecule has 1 aromatic rings. The lowest BCUT2D eigenvalue weighted by atomic mass is 10.1. The molecule has 1 saturated heterocycles. The minimum atomic E-state index is -0.350. The van der Waals surface area contributed by atoms with E-state index >= 15 is 0 Å². The number of nitrogens with zero attached hydrogens (tertiary/aromatic N) is 2. The van der Waals surface area contributed by atoms with Crippen LogP contribution in [0.2, 0.25) is 0 Å². The Kier molecular flexibility index (Phi) is 4.57. The number of oxime groups is 1. The smallest absolute Gasteiger partial charge is 0.255 e. The van der Waals surface area contributed by atoms with Crippen LogP contribution >= 0.6 is 0 Å². The number of carbonyl (C=O) groups is 1. The second-order valence-electron chi connectivity index (χ2n) is 4.78. The lowest BCUT2D eigenvalue weighted by molar-refractivity contribution is -0.132. The van der Waals surface area contributed by atoms with Crippen LogP contribution in [0.25, 0.3) is 0 Å². The Morgan fingerprint density at radius 3 is 2.65 bits per heavy atom. The first kappa shape index (κ1) is 14.3. The Morgan fingerprint density at radius 1 is 1.40 bits per heavy atom. The molecule has 1 fully saturated rings. The predicted molar refractivity (Wildman–Crippen MR) is 76.0 cm³/mol. The Morgan fingerprint density at radius 2 is 2.10 bits per heavy atom. The van der Waals surface area contributed by atoms with Crippen LogP contribution in [0.4, 0.5) is 5.69 Å². The molecule has 108 valence electrons. The number of hydrogen-bond acceptors (Lipinski definition) is 4. The van der Waals surface area contributed by atoms with Gasteiger partial charge in [0.2, 0.25) is 0 Å². The highest BCUT2D eigenvalue weighted by molar-refractivity contribution is 5.99. The zero-order valence-electron chi connectivity index (χ0n) is 11.5. The molecule has 2 rings (SSSR count). The van der Waals surface area contributed by atoms with Crippen LogP contribution in [0.5, 0.6) is 0 Å². The van der Waals surface area contributed by atoms with Gasteiger partial charge in [-0.3, -0.25) is 4.79 Å². The second-order valence-corrected chi connectivity index (χ2v) is 4.78. The summed E-state index contributed by atoms with van der Waals surface area (Å²) in [5.41, 5.74) is 6.85. The molecule has 0 spiro atoms. The first-order chi connectivity index (χ1) is 9.63. The topological polar surface area (TPSA) is 88.2 Å². The van der Waals surface area contributed by atoms with Gasteiger partial charge in [0, 0.05) is 24.9 Å². The zero-order valence-corrected chi connectivity index (χ0v) is 11.5. The molecule has 1 amide bonds. The lowest BCUT2D eigenvalue weighted by Gasteiger charge is -2.26. The van der Waals surface area contributed by atoms with Crippen molar-refractivity contribution in [2.24, 2.45) is 10.9 Å². The number of amides is 1. The summed E-state index contributed by atoms with van der Waals surface area (Å²) in [6.45, 7) is 0.646. The minimum absolute atomic E-state index is 0.0405. The molecule has 0 aliphatic carbocycles. The fourth-order valence-electron chi connectivity index (χ4n) is 2.19. The van der Waals surface area contributed by atoms with Gasteiger partial charge in [0.15, 0.2) is 5.84 Å². The number of hydrogen-bond donors (Lipinski definition) is 2. The molecule has 20 heavy (non-hydrogen) atoms. The van der Waals surface area contributed by atoms with Crippen molar-refractivity contribution in [1.29, 1.82) is 0 Å². The number of benzene rings is 1. The number of likely N-dealkylation sites (N-methyl/N-ethyl adjacent to an activating group) is 1. The van der Waals surface area contributed by atoms with Crippen LogP contribution in [0.15, 0.2) is 29.4 Å². The number of anilines is 1. The van der Waals surface area contributed by atoms with Gasteiger partial charge in [-0.05, 0) is 43.5 Å². The van der Waals surface area contributed by atoms with Crippen molar-refractivity contribution in [3.8, 4) is 0 Å². The van der Waals surface area contributed by atoms with Crippen LogP contribution in [-0.4, -0.2) is 36.7 Å². The van der Waals surface area contributed by atoms with Crippen LogP contribution in [0.3, 0.4) is 0 Å². The maximum absolute atomic E-state index is 12.3. The van der Waals surface area contributed by atoms with Gasteiger partial charge in [-0.1, -0.05) is 5.16 Å². The van der Waals surface area contributed by atoms with Crippen molar-refractivity contribution in [3.63, 3.8) is 0 Å². The van der Waals surface area contributed by atoms with E-state index in [1.807, 2.05) is 0 Å². The fourth-order valence-corrected chi connectivity index (χ4v) is 2.19. The summed E-state index contributed by atoms with van der Waals surface area (Å²) in [5, 5.41) is 11.5. The number of amidine groups is 1. The number of rotatable bonds is 3. The molecule has 1 heterocycles. The van der Waals surface area contributed by atoms with Crippen molar-refractivity contribution in [2.45, 2.75) is 25.4 Å². The lowest BCUT2D eigenvalue weighted by Crippen LogP contribution is -2.39. The Hall–Kier alpha value is -2.08. The predicted octanol–water partition coefficient (Wildman–Crippen LogP) is 1.31. The van der Waals surface area contributed by atoms with Crippen molar-refractivity contribution in [1.82, 2.24) is 0 Å². The van der Waals surface area contributed by atoms with Crippen molar-refractivity contribution >= 4 is 17.4 Å². The summed E-state index contributed by atoms with van der Waals surface area (Å²) in [5.74, 6) is 0.00221. The third-order valence-corrected chi connectivity index (χ3v) is 3.44. The summed E-state index contributed by atoms with van der Waals surface area (Å²) in [6, 6.07) is 6.92. The molecule has 0 saturated carbocycles. The fraction of sp³-hybridized carbons (Fsp3) is 0.429. The first-order valence-corrected chi connectivity index (χ1v) is 6.60. The number of nitrogens with two attached hydrogens (primary N) is 1. The average Bonchev–Trinajstić information content (AvgIpc) is 2.53. The molecule has 1 atom stereocenters. The summed E-state index contributed by atoms with van der Waals surface area (Å²) >= 11 is 0. The molecular formula is C14H19N3O3. The number of ether oxygens (including phenoxy) is 1. The molecule has 1 aromatic carbocycles. The Labute approximate surface area is 117 Å². The van der Waals surface area contributed by atoms with Crippen LogP contribution < -0.4 is 10.6 Å². The third kappa shape index (κ3) is 3.08. The first-order valence-electron chi connectivity index (χ1n) is 6.60. The molecule has 0 aromatic heterocycles. The van der Waals surface area contributed by atoms with E-state index in [0.717, 1.165) is 24.9 Å². The maximum atomic E-state index is 12.3. The van der Waals surface area contributed by atoms with E-state index < -0.39 is 0 Å². The monoisotopic (exact) mass is 277 g/mol. The van der Waals surface area contributed by atoms with Gasteiger partial charge in [-0.15, -0.1) is 0 Å². The van der Waals surface area contributed by atoms with E-state index in [-0.39, 0.29) is 17.8 Å². The van der Waals surface area contributed by atoms with E-state index in [2.05, 4.69) is 5.16 Å². The number of carbonyl (C=O) groups excluding carboxylic acids is 1. The normalized spacial score (nSPS) is 19.6. The molecule has 1 aliphatic rings. The van der Waals surface area contributed by atoms with Gasteiger partial charge >= 0.3 is 0 Å². The Balaban J connectivity index is 2.08. The molecule has 1 unspecified atom stereocenters. The van der Waals surface area contributed by atoms with Gasteiger partial charge in [0.05, 0.1) is 0 Å². The van der Waals surface area contributed by atoms with Crippen LogP contribution in [0.1, 0.15) is 24.8 Å². The molecule has 1 aliphatic heterocycles. The van der Waals surface area contributed by atoms with Crippen molar-refractivity contribution < 1.29 is 14.7 Å². The summed E-state index contributed by atoms with van der Waals surface area (Å²) < 4.78 is 5.50. The van der Waals surface area contributed by atoms with Crippen molar-refractivity contribution in [2.75, 3.05) is 18.6 Å². The molecule has 0 radical (unpaired) electrons. The summed E-state index contributed by atoms with van der Waals surface area (Å²) in [6.07, 6.45) is 2.46. The van der Waals surface area contributed by atoms with Gasteiger partial charge in [0.1, 0.15) is 6.10 Å². The van der Waals surface area contributed by atoms with Gasteiger partial charge in [0.25, 0.3) is 5.91 Å². The molecule has 6 nitrogen and oxygen atoms in total. The van der Waals surface area contributed by atoms with Crippen molar-refractivity contribution in [3.05, 3.63) is 29.8 Å². The third-order valence-electron chi connectivity index (χ3n) is 3.44. The van der Waals surface area contributed by atoms with Gasteiger partial charge < -0.3 is 20.6 Å². The van der Waals surface area contributed by atoms with E-state index in [9.17, 15) is 4.79 Å². The molecule has 3 N–H and O–H groups in total. The van der Waals surface area contributed by atoms with Gasteiger partial charge in [-0.25, -0.2) is 0 Å². The van der Waals surface area contributed by atoms with E-state index in [1.165, 1.54) is 0 Å². The summed E-state index contributed by atoms with van der Waals surface area (Å²) in [4.78, 5) is 13.9. The highest BCUT2D eigenvalue weighted by Crippen LogP contribution is 2.19. The van der Waals surface area contributed by atoms with Crippen LogP contribution in [-0.2, 0) is 9.53 Å². The molecule has 0 bridgehead atoms. The maximum Gasteiger partial charge on any atom is 0.255 e. The van der Waals surface area contributed by atoms with E-state index in [1.54, 1.807) is 36.2 Å². The zero-order chi connectivity index (χ0) is 14.5. The average molecular weight is 277 g/mol. The second kappa shape index (κ2) is 6.38. The highest BCUT2D eigenvalue weighted by atomic mass is 16.5. The summed E-state index contributed by atoms with van der Waals surface area (Å²) in [7, 11) is 1.72. The van der Waals surface area contributed by atoms with E-state index in [0.29, 0.717) is 12.2 Å². The van der Waals surface area contributed by atoms with E-state index in [4.69, 9.17) is 15.7 Å². The molecule has 6 heteroatoms.